The van der Waals surface area contributed by atoms with Crippen molar-refractivity contribution in [1.29, 1.82) is 0 Å². The molecule has 3 N–H and O–H groups in total. The van der Waals surface area contributed by atoms with E-state index in [9.17, 15) is 4.39 Å². The summed E-state index contributed by atoms with van der Waals surface area (Å²) in [5.41, 5.74) is 6.77. The zero-order valence-electron chi connectivity index (χ0n) is 14.5. The molecule has 0 aliphatic heterocycles. The molecule has 0 amide bonds. The number of nitrogens with zero attached hydrogens (tertiary/aromatic N) is 3. The van der Waals surface area contributed by atoms with Crippen LogP contribution < -0.4 is 15.8 Å². The fraction of sp³-hybridized carbons (Fsp3) is 0.0500. The van der Waals surface area contributed by atoms with E-state index in [1.54, 1.807) is 43.4 Å². The van der Waals surface area contributed by atoms with E-state index in [1.165, 1.54) is 6.07 Å². The number of pyridine rings is 1. The number of nitrogens with two attached hydrogens (primary N) is 1. The molecule has 6 nitrogen and oxygen atoms in total. The number of rotatable bonds is 4. The van der Waals surface area contributed by atoms with Crippen molar-refractivity contribution in [2.75, 3.05) is 18.1 Å². The molecule has 0 radical (unpaired) electrons. The predicted octanol–water partition coefficient (Wildman–Crippen LogP) is 4.25. The van der Waals surface area contributed by atoms with Crippen LogP contribution in [0.25, 0.3) is 22.3 Å². The smallest absolute Gasteiger partial charge is 0.224 e. The lowest BCUT2D eigenvalue weighted by Gasteiger charge is -2.12. The van der Waals surface area contributed by atoms with Gasteiger partial charge in [0.15, 0.2) is 5.65 Å². The summed E-state index contributed by atoms with van der Waals surface area (Å²) in [4.78, 5) is 12.8. The third-order valence-corrected chi connectivity index (χ3v) is 4.02. The molecular weight excluding hydrogens is 345 g/mol. The second kappa shape index (κ2) is 6.87. The summed E-state index contributed by atoms with van der Waals surface area (Å²) in [6.07, 6.45) is 0. The van der Waals surface area contributed by atoms with Crippen LogP contribution in [-0.4, -0.2) is 22.0 Å². The maximum absolute atomic E-state index is 14.7. The van der Waals surface area contributed by atoms with Gasteiger partial charge in [0, 0.05) is 7.05 Å². The Morgan fingerprint density at radius 3 is 2.52 bits per heavy atom. The molecule has 2 heterocycles. The Hall–Kier alpha value is -3.74. The summed E-state index contributed by atoms with van der Waals surface area (Å²) in [6.45, 7) is 0. The van der Waals surface area contributed by atoms with Gasteiger partial charge in [-0.1, -0.05) is 24.3 Å². The van der Waals surface area contributed by atoms with Gasteiger partial charge in [0.05, 0.1) is 16.6 Å². The van der Waals surface area contributed by atoms with E-state index in [2.05, 4.69) is 20.3 Å². The Bertz CT molecular complexity index is 1120. The molecule has 4 aromatic rings. The SMILES string of the molecule is CNc1nc(N)nc2nc(-c3c(F)cccc3Oc3ccccc3)ccc12. The van der Waals surface area contributed by atoms with Crippen LogP contribution in [0.3, 0.4) is 0 Å². The summed E-state index contributed by atoms with van der Waals surface area (Å²) in [6, 6.07) is 17.3. The lowest BCUT2D eigenvalue weighted by Crippen LogP contribution is -2.03. The van der Waals surface area contributed by atoms with E-state index in [4.69, 9.17) is 10.5 Å². The summed E-state index contributed by atoms with van der Waals surface area (Å²) in [7, 11) is 1.73. The molecule has 7 heteroatoms. The van der Waals surface area contributed by atoms with Crippen LogP contribution in [0.1, 0.15) is 0 Å². The largest absolute Gasteiger partial charge is 0.457 e. The summed E-state index contributed by atoms with van der Waals surface area (Å²) >= 11 is 0. The molecule has 2 aromatic carbocycles. The number of para-hydroxylation sites is 1. The van der Waals surface area contributed by atoms with E-state index in [1.807, 2.05) is 18.2 Å². The molecule has 0 aliphatic rings. The average molecular weight is 361 g/mol. The van der Waals surface area contributed by atoms with Crippen molar-refractivity contribution in [3.63, 3.8) is 0 Å². The zero-order chi connectivity index (χ0) is 18.8. The molecule has 0 spiro atoms. The summed E-state index contributed by atoms with van der Waals surface area (Å²) < 4.78 is 20.5. The van der Waals surface area contributed by atoms with Gasteiger partial charge in [-0.15, -0.1) is 0 Å². The molecule has 4 rings (SSSR count). The zero-order valence-corrected chi connectivity index (χ0v) is 14.5. The van der Waals surface area contributed by atoms with Crippen LogP contribution in [0.5, 0.6) is 11.5 Å². The van der Waals surface area contributed by atoms with Crippen molar-refractivity contribution in [2.24, 2.45) is 0 Å². The topological polar surface area (TPSA) is 86.0 Å². The monoisotopic (exact) mass is 361 g/mol. The van der Waals surface area contributed by atoms with Crippen LogP contribution in [0.15, 0.2) is 60.7 Å². The highest BCUT2D eigenvalue weighted by Gasteiger charge is 2.16. The normalized spacial score (nSPS) is 10.7. The highest BCUT2D eigenvalue weighted by atomic mass is 19.1. The molecule has 0 saturated heterocycles. The second-order valence-electron chi connectivity index (χ2n) is 5.78. The predicted molar refractivity (Wildman–Crippen MR) is 103 cm³/mol. The van der Waals surface area contributed by atoms with E-state index in [-0.39, 0.29) is 11.5 Å². The van der Waals surface area contributed by atoms with Gasteiger partial charge in [0.2, 0.25) is 5.95 Å². The van der Waals surface area contributed by atoms with Gasteiger partial charge in [-0.25, -0.2) is 9.37 Å². The number of nitrogen functional groups attached to an aromatic ring is 1. The highest BCUT2D eigenvalue weighted by molar-refractivity contribution is 5.89. The Balaban J connectivity index is 1.86. The number of benzene rings is 2. The van der Waals surface area contributed by atoms with E-state index in [0.29, 0.717) is 34.0 Å². The number of halogens is 1. The maximum Gasteiger partial charge on any atom is 0.224 e. The minimum atomic E-state index is -0.439. The Labute approximate surface area is 154 Å². The molecule has 2 aromatic heterocycles. The minimum absolute atomic E-state index is 0.0887. The molecule has 134 valence electrons. The number of fused-ring (bicyclic) bond motifs is 1. The first kappa shape index (κ1) is 16.7. The van der Waals surface area contributed by atoms with Crippen molar-refractivity contribution >= 4 is 22.8 Å². The van der Waals surface area contributed by atoms with Gasteiger partial charge < -0.3 is 15.8 Å². The molecule has 0 aliphatic carbocycles. The van der Waals surface area contributed by atoms with Crippen LogP contribution in [0.4, 0.5) is 16.2 Å². The van der Waals surface area contributed by atoms with Gasteiger partial charge in [-0.05, 0) is 36.4 Å². The lowest BCUT2D eigenvalue weighted by molar-refractivity contribution is 0.479. The van der Waals surface area contributed by atoms with Crippen molar-refractivity contribution < 1.29 is 9.13 Å². The third-order valence-electron chi connectivity index (χ3n) is 4.02. The van der Waals surface area contributed by atoms with Crippen LogP contribution in [0.2, 0.25) is 0 Å². The number of hydrogen-bond acceptors (Lipinski definition) is 6. The van der Waals surface area contributed by atoms with E-state index < -0.39 is 5.82 Å². The van der Waals surface area contributed by atoms with Crippen molar-refractivity contribution in [1.82, 2.24) is 15.0 Å². The van der Waals surface area contributed by atoms with Crippen LogP contribution >= 0.6 is 0 Å². The standard InChI is InChI=1S/C20H16FN5O/c1-23-18-13-10-11-15(24-19(13)26-20(22)25-18)17-14(21)8-5-9-16(17)27-12-6-3-2-4-7-12/h2-11H,1H3,(H3,22,23,24,25,26). The second-order valence-corrected chi connectivity index (χ2v) is 5.78. The first-order valence-corrected chi connectivity index (χ1v) is 8.29. The van der Waals surface area contributed by atoms with Gasteiger partial charge >= 0.3 is 0 Å². The molecule has 0 saturated carbocycles. The number of ether oxygens (including phenoxy) is 1. The van der Waals surface area contributed by atoms with E-state index in [0.717, 1.165) is 0 Å². The van der Waals surface area contributed by atoms with Crippen molar-refractivity contribution in [3.05, 3.63) is 66.5 Å². The maximum atomic E-state index is 14.7. The van der Waals surface area contributed by atoms with Gasteiger partial charge in [0.1, 0.15) is 23.1 Å². The van der Waals surface area contributed by atoms with E-state index >= 15 is 0 Å². The highest BCUT2D eigenvalue weighted by Crippen LogP contribution is 2.35. The Morgan fingerprint density at radius 2 is 1.74 bits per heavy atom. The van der Waals surface area contributed by atoms with Crippen molar-refractivity contribution in [3.8, 4) is 22.8 Å². The quantitative estimate of drug-likeness (QED) is 0.565. The fourth-order valence-corrected chi connectivity index (χ4v) is 2.81. The molecular formula is C20H16FN5O. The van der Waals surface area contributed by atoms with Gasteiger partial charge in [-0.2, -0.15) is 9.97 Å². The Kier molecular flexibility index (Phi) is 4.25. The first-order valence-electron chi connectivity index (χ1n) is 8.29. The molecule has 0 unspecified atom stereocenters. The first-order chi connectivity index (χ1) is 13.2. The average Bonchev–Trinajstić information content (AvgIpc) is 2.67. The number of anilines is 2. The third kappa shape index (κ3) is 3.22. The van der Waals surface area contributed by atoms with Crippen LogP contribution in [0, 0.1) is 5.82 Å². The lowest BCUT2D eigenvalue weighted by atomic mass is 10.1. The Morgan fingerprint density at radius 1 is 0.926 bits per heavy atom. The fourth-order valence-electron chi connectivity index (χ4n) is 2.81. The van der Waals surface area contributed by atoms with Gasteiger partial charge in [-0.3, -0.25) is 0 Å². The summed E-state index contributed by atoms with van der Waals surface area (Å²) in [5, 5.41) is 3.65. The van der Waals surface area contributed by atoms with Crippen molar-refractivity contribution in [2.45, 2.75) is 0 Å². The molecule has 0 atom stereocenters. The van der Waals surface area contributed by atoms with Gasteiger partial charge in [0.25, 0.3) is 0 Å². The number of aromatic nitrogens is 3. The molecule has 0 bridgehead atoms. The minimum Gasteiger partial charge on any atom is -0.457 e. The summed E-state index contributed by atoms with van der Waals surface area (Å²) in [5.74, 6) is 1.18. The number of nitrogens with one attached hydrogen (secondary N) is 1. The molecule has 0 fully saturated rings. The van der Waals surface area contributed by atoms with Crippen LogP contribution in [-0.2, 0) is 0 Å². The molecule has 27 heavy (non-hydrogen) atoms. The number of hydrogen-bond donors (Lipinski definition) is 2.